The fraction of sp³-hybridized carbons (Fsp3) is 0.150. The van der Waals surface area contributed by atoms with Crippen LogP contribution in [0.2, 0.25) is 0 Å². The Morgan fingerprint density at radius 1 is 1.19 bits per heavy atom. The summed E-state index contributed by atoms with van der Waals surface area (Å²) in [6, 6.07) is 10.9. The molecule has 0 atom stereocenters. The van der Waals surface area contributed by atoms with Crippen LogP contribution in [0.15, 0.2) is 51.0 Å². The quantitative estimate of drug-likeness (QED) is 0.576. The van der Waals surface area contributed by atoms with Gasteiger partial charge in [-0.25, -0.2) is 9.78 Å². The molecule has 0 spiro atoms. The molecule has 1 aromatic carbocycles. The summed E-state index contributed by atoms with van der Waals surface area (Å²) in [6.07, 6.45) is 0. The lowest BCUT2D eigenvalue weighted by Crippen LogP contribution is -2.24. The molecule has 0 saturated heterocycles. The molecule has 4 rings (SSSR count). The summed E-state index contributed by atoms with van der Waals surface area (Å²) in [5, 5.41) is 11.5. The van der Waals surface area contributed by atoms with E-state index in [9.17, 15) is 9.59 Å². The summed E-state index contributed by atoms with van der Waals surface area (Å²) >= 11 is 1.44. The second-order valence-electron chi connectivity index (χ2n) is 6.32. The third kappa shape index (κ3) is 3.06. The summed E-state index contributed by atoms with van der Waals surface area (Å²) in [5.74, 6) is -0.344. The minimum absolute atomic E-state index is 0.129. The van der Waals surface area contributed by atoms with E-state index in [4.69, 9.17) is 9.52 Å². The lowest BCUT2D eigenvalue weighted by atomic mass is 10.1. The van der Waals surface area contributed by atoms with Gasteiger partial charge in [-0.15, -0.1) is 11.3 Å². The first-order valence-electron chi connectivity index (χ1n) is 8.31. The van der Waals surface area contributed by atoms with E-state index >= 15 is 0 Å². The first-order chi connectivity index (χ1) is 12.9. The molecular formula is C20H16N2O4S. The van der Waals surface area contributed by atoms with Crippen LogP contribution in [0.1, 0.15) is 27.7 Å². The van der Waals surface area contributed by atoms with Crippen molar-refractivity contribution in [1.82, 2.24) is 9.55 Å². The Balaban J connectivity index is 1.83. The monoisotopic (exact) mass is 380 g/mol. The maximum Gasteiger partial charge on any atom is 0.371 e. The van der Waals surface area contributed by atoms with Crippen LogP contribution in [-0.4, -0.2) is 20.6 Å². The molecule has 0 aliphatic rings. The SMILES string of the molecule is Cc1ccc(-c2csc3nc(C)n(Cc4ccc(C(=O)O)o4)c(=O)c23)cc1. The van der Waals surface area contributed by atoms with Crippen molar-refractivity contribution in [3.8, 4) is 11.1 Å². The molecule has 6 nitrogen and oxygen atoms in total. The lowest BCUT2D eigenvalue weighted by Gasteiger charge is -2.09. The van der Waals surface area contributed by atoms with Crippen LogP contribution in [0.25, 0.3) is 21.3 Å². The maximum atomic E-state index is 13.2. The summed E-state index contributed by atoms with van der Waals surface area (Å²) in [4.78, 5) is 29.4. The van der Waals surface area contributed by atoms with Crippen molar-refractivity contribution in [3.63, 3.8) is 0 Å². The molecule has 27 heavy (non-hydrogen) atoms. The van der Waals surface area contributed by atoms with Gasteiger partial charge in [-0.05, 0) is 31.5 Å². The normalized spacial score (nSPS) is 11.2. The van der Waals surface area contributed by atoms with Gasteiger partial charge in [0, 0.05) is 10.9 Å². The average Bonchev–Trinajstić information content (AvgIpc) is 3.26. The van der Waals surface area contributed by atoms with Crippen LogP contribution in [0.3, 0.4) is 0 Å². The number of fused-ring (bicyclic) bond motifs is 1. The molecule has 3 heterocycles. The number of rotatable bonds is 4. The van der Waals surface area contributed by atoms with Crippen molar-refractivity contribution >= 4 is 27.5 Å². The second-order valence-corrected chi connectivity index (χ2v) is 7.18. The summed E-state index contributed by atoms with van der Waals surface area (Å²) in [5.41, 5.74) is 2.80. The van der Waals surface area contributed by atoms with Gasteiger partial charge in [-0.2, -0.15) is 0 Å². The van der Waals surface area contributed by atoms with Gasteiger partial charge in [-0.1, -0.05) is 29.8 Å². The number of carboxylic acid groups (broad SMARTS) is 1. The van der Waals surface area contributed by atoms with E-state index in [0.717, 1.165) is 16.7 Å². The number of nitrogens with zero attached hydrogens (tertiary/aromatic N) is 2. The van der Waals surface area contributed by atoms with Crippen molar-refractivity contribution in [2.45, 2.75) is 20.4 Å². The number of hydrogen-bond acceptors (Lipinski definition) is 5. The first kappa shape index (κ1) is 17.2. The standard InChI is InChI=1S/C20H16N2O4S/c1-11-3-5-13(6-4-11)15-10-27-18-17(15)19(23)22(12(2)21-18)9-14-7-8-16(26-14)20(24)25/h3-8,10H,9H2,1-2H3,(H,24,25). The van der Waals surface area contributed by atoms with Crippen molar-refractivity contribution in [2.24, 2.45) is 0 Å². The number of benzene rings is 1. The zero-order valence-corrected chi connectivity index (χ0v) is 15.5. The van der Waals surface area contributed by atoms with Gasteiger partial charge in [-0.3, -0.25) is 9.36 Å². The third-order valence-electron chi connectivity index (χ3n) is 4.43. The van der Waals surface area contributed by atoms with Crippen LogP contribution in [-0.2, 0) is 6.54 Å². The highest BCUT2D eigenvalue weighted by atomic mass is 32.1. The number of aryl methyl sites for hydroxylation is 2. The Labute approximate surface area is 158 Å². The molecule has 136 valence electrons. The molecule has 0 radical (unpaired) electrons. The van der Waals surface area contributed by atoms with Gasteiger partial charge in [0.1, 0.15) is 16.4 Å². The highest BCUT2D eigenvalue weighted by Crippen LogP contribution is 2.31. The highest BCUT2D eigenvalue weighted by Gasteiger charge is 2.17. The molecule has 0 fully saturated rings. The van der Waals surface area contributed by atoms with Gasteiger partial charge in [0.05, 0.1) is 11.9 Å². The van der Waals surface area contributed by atoms with Gasteiger partial charge >= 0.3 is 5.97 Å². The highest BCUT2D eigenvalue weighted by molar-refractivity contribution is 7.17. The molecule has 0 aliphatic carbocycles. The minimum atomic E-state index is -1.14. The first-order valence-corrected chi connectivity index (χ1v) is 9.19. The average molecular weight is 380 g/mol. The van der Waals surface area contributed by atoms with Crippen LogP contribution >= 0.6 is 11.3 Å². The van der Waals surface area contributed by atoms with Crippen molar-refractivity contribution in [3.05, 3.63) is 75.0 Å². The Kier molecular flexibility index (Phi) is 4.16. The fourth-order valence-corrected chi connectivity index (χ4v) is 3.97. The number of hydrogen-bond donors (Lipinski definition) is 1. The van der Waals surface area contributed by atoms with Crippen molar-refractivity contribution < 1.29 is 14.3 Å². The number of aromatic carboxylic acids is 1. The van der Waals surface area contributed by atoms with Crippen LogP contribution in [0.5, 0.6) is 0 Å². The molecule has 0 saturated carbocycles. The number of carboxylic acids is 1. The number of aromatic nitrogens is 2. The molecule has 7 heteroatoms. The molecule has 0 bridgehead atoms. The lowest BCUT2D eigenvalue weighted by molar-refractivity contribution is 0.0660. The van der Waals surface area contributed by atoms with E-state index in [-0.39, 0.29) is 17.9 Å². The van der Waals surface area contributed by atoms with Crippen LogP contribution in [0, 0.1) is 13.8 Å². The van der Waals surface area contributed by atoms with E-state index < -0.39 is 5.97 Å². The van der Waals surface area contributed by atoms with Crippen LogP contribution in [0.4, 0.5) is 0 Å². The molecule has 0 unspecified atom stereocenters. The van der Waals surface area contributed by atoms with E-state index in [1.165, 1.54) is 22.0 Å². The molecule has 1 N–H and O–H groups in total. The maximum absolute atomic E-state index is 13.2. The summed E-state index contributed by atoms with van der Waals surface area (Å²) in [7, 11) is 0. The third-order valence-corrected chi connectivity index (χ3v) is 5.31. The van der Waals surface area contributed by atoms with Crippen molar-refractivity contribution in [2.75, 3.05) is 0 Å². The zero-order chi connectivity index (χ0) is 19.1. The van der Waals surface area contributed by atoms with Gasteiger partial charge in [0.2, 0.25) is 5.76 Å². The molecular weight excluding hydrogens is 364 g/mol. The number of furan rings is 1. The van der Waals surface area contributed by atoms with E-state index in [0.29, 0.717) is 21.8 Å². The topological polar surface area (TPSA) is 85.3 Å². The molecule has 0 aliphatic heterocycles. The number of carbonyl (C=O) groups is 1. The Morgan fingerprint density at radius 3 is 2.59 bits per heavy atom. The van der Waals surface area contributed by atoms with Gasteiger partial charge < -0.3 is 9.52 Å². The van der Waals surface area contributed by atoms with Gasteiger partial charge in [0.25, 0.3) is 5.56 Å². The molecule has 4 aromatic rings. The van der Waals surface area contributed by atoms with Crippen molar-refractivity contribution in [1.29, 1.82) is 0 Å². The predicted octanol–water partition coefficient (Wildman–Crippen LogP) is 4.08. The Hall–Kier alpha value is -3.19. The Bertz CT molecular complexity index is 1220. The van der Waals surface area contributed by atoms with E-state index in [2.05, 4.69) is 4.98 Å². The predicted molar refractivity (Wildman–Crippen MR) is 104 cm³/mol. The summed E-state index contributed by atoms with van der Waals surface area (Å²) < 4.78 is 6.81. The fourth-order valence-electron chi connectivity index (χ4n) is 2.99. The van der Waals surface area contributed by atoms with E-state index in [1.54, 1.807) is 13.0 Å². The van der Waals surface area contributed by atoms with Gasteiger partial charge in [0.15, 0.2) is 0 Å². The molecule has 0 amide bonds. The second kappa shape index (κ2) is 6.51. The summed E-state index contributed by atoms with van der Waals surface area (Å²) in [6.45, 7) is 3.90. The number of thiophene rings is 1. The smallest absolute Gasteiger partial charge is 0.371 e. The van der Waals surface area contributed by atoms with E-state index in [1.807, 2.05) is 36.6 Å². The molecule has 3 aromatic heterocycles. The zero-order valence-electron chi connectivity index (χ0n) is 14.7. The minimum Gasteiger partial charge on any atom is -0.475 e. The Morgan fingerprint density at radius 2 is 1.93 bits per heavy atom. The van der Waals surface area contributed by atoms with Crippen LogP contribution < -0.4 is 5.56 Å². The largest absolute Gasteiger partial charge is 0.475 e.